The molecule has 0 radical (unpaired) electrons. The molecule has 0 saturated carbocycles. The van der Waals surface area contributed by atoms with Crippen molar-refractivity contribution in [3.63, 3.8) is 0 Å². The Morgan fingerprint density at radius 1 is 1.44 bits per heavy atom. The summed E-state index contributed by atoms with van der Waals surface area (Å²) in [5, 5.41) is 1.13. The molecule has 0 aromatic carbocycles. The third-order valence-corrected chi connectivity index (χ3v) is 4.38. The molecule has 2 aromatic rings. The summed E-state index contributed by atoms with van der Waals surface area (Å²) in [5.41, 5.74) is 1.76. The SMILES string of the molecule is CCS(=O)(=O)c1nccc2c(C)cn(C)c12. The maximum absolute atomic E-state index is 11.9. The van der Waals surface area contributed by atoms with Gasteiger partial charge >= 0.3 is 0 Å². The molecular formula is C11H14N2O2S. The minimum atomic E-state index is -3.27. The normalized spacial score (nSPS) is 12.2. The fourth-order valence-electron chi connectivity index (χ4n) is 1.88. The Morgan fingerprint density at radius 2 is 2.12 bits per heavy atom. The lowest BCUT2D eigenvalue weighted by Gasteiger charge is -2.04. The van der Waals surface area contributed by atoms with E-state index in [9.17, 15) is 8.42 Å². The van der Waals surface area contributed by atoms with Crippen molar-refractivity contribution in [3.8, 4) is 0 Å². The summed E-state index contributed by atoms with van der Waals surface area (Å²) in [6.07, 6.45) is 3.47. The molecule has 2 rings (SSSR count). The standard InChI is InChI=1S/C11H14N2O2S/c1-4-16(14,15)11-10-9(5-6-12-11)8(2)7-13(10)3/h5-7H,4H2,1-3H3. The van der Waals surface area contributed by atoms with Crippen LogP contribution in [0.4, 0.5) is 0 Å². The molecule has 0 bridgehead atoms. The van der Waals surface area contributed by atoms with Crippen molar-refractivity contribution in [1.29, 1.82) is 0 Å². The molecular weight excluding hydrogens is 224 g/mol. The van der Waals surface area contributed by atoms with E-state index in [0.717, 1.165) is 10.9 Å². The summed E-state index contributed by atoms with van der Waals surface area (Å²) in [5.74, 6) is 0.0728. The van der Waals surface area contributed by atoms with Gasteiger partial charge in [-0.1, -0.05) is 6.92 Å². The van der Waals surface area contributed by atoms with Crippen LogP contribution in [-0.4, -0.2) is 23.7 Å². The van der Waals surface area contributed by atoms with Gasteiger partial charge in [-0.3, -0.25) is 0 Å². The van der Waals surface area contributed by atoms with Gasteiger partial charge in [-0.05, 0) is 18.6 Å². The largest absolute Gasteiger partial charge is 0.348 e. The monoisotopic (exact) mass is 238 g/mol. The van der Waals surface area contributed by atoms with Gasteiger partial charge in [0.15, 0.2) is 14.9 Å². The molecule has 2 heterocycles. The number of sulfone groups is 1. The Kier molecular flexibility index (Phi) is 2.50. The molecule has 0 amide bonds. The van der Waals surface area contributed by atoms with Crippen LogP contribution in [0.5, 0.6) is 0 Å². The van der Waals surface area contributed by atoms with Crippen LogP contribution < -0.4 is 0 Å². The molecule has 0 aliphatic rings. The third kappa shape index (κ3) is 1.51. The molecule has 86 valence electrons. The first-order valence-corrected chi connectivity index (χ1v) is 6.76. The maximum atomic E-state index is 11.9. The number of nitrogens with zero attached hydrogens (tertiary/aromatic N) is 2. The van der Waals surface area contributed by atoms with E-state index in [4.69, 9.17) is 0 Å². The van der Waals surface area contributed by atoms with Crippen LogP contribution in [0.15, 0.2) is 23.5 Å². The Balaban J connectivity index is 2.92. The fraction of sp³-hybridized carbons (Fsp3) is 0.364. The lowest BCUT2D eigenvalue weighted by atomic mass is 10.2. The van der Waals surface area contributed by atoms with Gasteiger partial charge in [0.2, 0.25) is 0 Å². The van der Waals surface area contributed by atoms with E-state index in [1.54, 1.807) is 13.1 Å². The molecule has 0 fully saturated rings. The van der Waals surface area contributed by atoms with Crippen molar-refractivity contribution in [2.75, 3.05) is 5.75 Å². The zero-order valence-corrected chi connectivity index (χ0v) is 10.4. The number of hydrogen-bond acceptors (Lipinski definition) is 3. The van der Waals surface area contributed by atoms with Crippen LogP contribution >= 0.6 is 0 Å². The Hall–Kier alpha value is -1.36. The highest BCUT2D eigenvalue weighted by molar-refractivity contribution is 7.91. The van der Waals surface area contributed by atoms with E-state index in [2.05, 4.69) is 4.98 Å². The maximum Gasteiger partial charge on any atom is 0.197 e. The van der Waals surface area contributed by atoms with Crippen molar-refractivity contribution < 1.29 is 8.42 Å². The number of rotatable bonds is 2. The van der Waals surface area contributed by atoms with Crippen molar-refractivity contribution in [2.45, 2.75) is 18.9 Å². The first-order chi connectivity index (χ1) is 7.47. The Morgan fingerprint density at radius 3 is 2.75 bits per heavy atom. The van der Waals surface area contributed by atoms with E-state index in [1.165, 1.54) is 0 Å². The van der Waals surface area contributed by atoms with E-state index in [-0.39, 0.29) is 10.8 Å². The zero-order valence-electron chi connectivity index (χ0n) is 9.56. The van der Waals surface area contributed by atoms with Crippen LogP contribution in [0.25, 0.3) is 10.9 Å². The second kappa shape index (κ2) is 3.59. The lowest BCUT2D eigenvalue weighted by Crippen LogP contribution is -2.08. The number of aromatic nitrogens is 2. The molecule has 5 heteroatoms. The Bertz CT molecular complexity index is 641. The molecule has 16 heavy (non-hydrogen) atoms. The molecule has 0 spiro atoms. The van der Waals surface area contributed by atoms with Crippen LogP contribution in [-0.2, 0) is 16.9 Å². The zero-order chi connectivity index (χ0) is 11.9. The average molecular weight is 238 g/mol. The quantitative estimate of drug-likeness (QED) is 0.799. The van der Waals surface area contributed by atoms with E-state index < -0.39 is 9.84 Å². The highest BCUT2D eigenvalue weighted by Crippen LogP contribution is 2.25. The van der Waals surface area contributed by atoms with E-state index in [0.29, 0.717) is 5.52 Å². The third-order valence-electron chi connectivity index (χ3n) is 2.73. The molecule has 4 nitrogen and oxygen atoms in total. The van der Waals surface area contributed by atoms with Gasteiger partial charge in [0.25, 0.3) is 0 Å². The smallest absolute Gasteiger partial charge is 0.197 e. The average Bonchev–Trinajstić information content (AvgIpc) is 2.55. The van der Waals surface area contributed by atoms with Gasteiger partial charge in [-0.25, -0.2) is 13.4 Å². The number of pyridine rings is 1. The molecule has 2 aromatic heterocycles. The van der Waals surface area contributed by atoms with Gasteiger partial charge in [0, 0.05) is 24.8 Å². The molecule has 0 aliphatic carbocycles. The van der Waals surface area contributed by atoms with Crippen molar-refractivity contribution in [2.24, 2.45) is 7.05 Å². The molecule has 0 atom stereocenters. The predicted molar refractivity (Wildman–Crippen MR) is 63.2 cm³/mol. The van der Waals surface area contributed by atoms with Crippen LogP contribution in [0.2, 0.25) is 0 Å². The fourth-order valence-corrected chi connectivity index (χ4v) is 2.93. The minimum absolute atomic E-state index is 0.0728. The molecule has 0 N–H and O–H groups in total. The first-order valence-electron chi connectivity index (χ1n) is 5.10. The van der Waals surface area contributed by atoms with Gasteiger partial charge in [0.05, 0.1) is 11.3 Å². The summed E-state index contributed by atoms with van der Waals surface area (Å²) < 4.78 is 25.6. The first kappa shape index (κ1) is 11.1. The highest BCUT2D eigenvalue weighted by atomic mass is 32.2. The lowest BCUT2D eigenvalue weighted by molar-refractivity contribution is 0.594. The number of aryl methyl sites for hydroxylation is 2. The van der Waals surface area contributed by atoms with Gasteiger partial charge in [-0.15, -0.1) is 0 Å². The van der Waals surface area contributed by atoms with Gasteiger partial charge < -0.3 is 4.57 Å². The summed E-state index contributed by atoms with van der Waals surface area (Å²) in [4.78, 5) is 4.01. The van der Waals surface area contributed by atoms with Crippen molar-refractivity contribution in [3.05, 3.63) is 24.0 Å². The number of fused-ring (bicyclic) bond motifs is 1. The topological polar surface area (TPSA) is 52.0 Å². The highest BCUT2D eigenvalue weighted by Gasteiger charge is 2.19. The van der Waals surface area contributed by atoms with Crippen LogP contribution in [0.3, 0.4) is 0 Å². The minimum Gasteiger partial charge on any atom is -0.348 e. The summed E-state index contributed by atoms with van der Waals surface area (Å²) in [6, 6.07) is 1.85. The summed E-state index contributed by atoms with van der Waals surface area (Å²) in [7, 11) is -1.43. The predicted octanol–water partition coefficient (Wildman–Crippen LogP) is 1.68. The van der Waals surface area contributed by atoms with Crippen LogP contribution in [0.1, 0.15) is 12.5 Å². The molecule has 0 saturated heterocycles. The van der Waals surface area contributed by atoms with E-state index >= 15 is 0 Å². The van der Waals surface area contributed by atoms with Gasteiger partial charge in [0.1, 0.15) is 0 Å². The second-order valence-corrected chi connectivity index (χ2v) is 6.03. The van der Waals surface area contributed by atoms with Crippen LogP contribution in [0, 0.1) is 6.92 Å². The Labute approximate surface area is 94.8 Å². The van der Waals surface area contributed by atoms with E-state index in [1.807, 2.05) is 30.8 Å². The van der Waals surface area contributed by atoms with Crippen molar-refractivity contribution in [1.82, 2.24) is 9.55 Å². The number of hydrogen-bond donors (Lipinski definition) is 0. The summed E-state index contributed by atoms with van der Waals surface area (Å²) in [6.45, 7) is 3.59. The molecule has 0 aliphatic heterocycles. The molecule has 0 unspecified atom stereocenters. The second-order valence-electron chi connectivity index (χ2n) is 3.84. The van der Waals surface area contributed by atoms with Gasteiger partial charge in [-0.2, -0.15) is 0 Å². The summed E-state index contributed by atoms with van der Waals surface area (Å²) >= 11 is 0. The van der Waals surface area contributed by atoms with Crippen molar-refractivity contribution >= 4 is 20.7 Å².